The molecule has 0 radical (unpaired) electrons. The van der Waals surface area contributed by atoms with Gasteiger partial charge < -0.3 is 15.5 Å². The number of carbonyl (C=O) groups excluding carboxylic acids is 1. The van der Waals surface area contributed by atoms with E-state index in [4.69, 9.17) is 0 Å². The first-order valence-corrected chi connectivity index (χ1v) is 11.6. The van der Waals surface area contributed by atoms with Gasteiger partial charge in [0.05, 0.1) is 17.2 Å². The van der Waals surface area contributed by atoms with Crippen LogP contribution in [0, 0.1) is 0 Å². The third-order valence-corrected chi connectivity index (χ3v) is 6.17. The van der Waals surface area contributed by atoms with E-state index < -0.39 is 9.84 Å². The third-order valence-electron chi connectivity index (χ3n) is 4.36. The Kier molecular flexibility index (Phi) is 8.86. The highest BCUT2D eigenvalue weighted by Gasteiger charge is 2.13. The quantitative estimate of drug-likeness (QED) is 0.362. The summed E-state index contributed by atoms with van der Waals surface area (Å²) in [6.45, 7) is 3.62. The van der Waals surface area contributed by atoms with E-state index in [9.17, 15) is 13.2 Å². The molecule has 2 aromatic carbocycles. The molecule has 2 aromatic rings. The summed E-state index contributed by atoms with van der Waals surface area (Å²) < 4.78 is 24.7. The number of nitrogens with zero attached hydrogens (tertiary/aromatic N) is 2. The Bertz CT molecular complexity index is 940. The number of benzene rings is 2. The van der Waals surface area contributed by atoms with E-state index in [0.29, 0.717) is 42.5 Å². The lowest BCUT2D eigenvalue weighted by Crippen LogP contribution is -2.38. The molecule has 0 spiro atoms. The number of hydrogen-bond donors (Lipinski definition) is 2. The number of aliphatic imine (C=N–C) groups is 1. The molecule has 0 unspecified atom stereocenters. The van der Waals surface area contributed by atoms with Gasteiger partial charge in [0.2, 0.25) is 0 Å². The van der Waals surface area contributed by atoms with Gasteiger partial charge in [-0.05, 0) is 43.2 Å². The second-order valence-corrected chi connectivity index (χ2v) is 9.11. The lowest BCUT2D eigenvalue weighted by atomic mass is 10.1. The molecule has 162 valence electrons. The van der Waals surface area contributed by atoms with Gasteiger partial charge in [-0.2, -0.15) is 0 Å². The Balaban J connectivity index is 1.88. The van der Waals surface area contributed by atoms with Gasteiger partial charge in [0.1, 0.15) is 0 Å². The zero-order valence-corrected chi connectivity index (χ0v) is 18.6. The van der Waals surface area contributed by atoms with Gasteiger partial charge in [0.25, 0.3) is 5.91 Å². The van der Waals surface area contributed by atoms with Gasteiger partial charge in [0.15, 0.2) is 15.8 Å². The molecule has 0 aliphatic carbocycles. The number of rotatable bonds is 9. The van der Waals surface area contributed by atoms with Crippen LogP contribution in [0.25, 0.3) is 0 Å². The Morgan fingerprint density at radius 3 is 2.27 bits per heavy atom. The van der Waals surface area contributed by atoms with E-state index in [1.165, 1.54) is 0 Å². The number of sulfone groups is 1. The Morgan fingerprint density at radius 1 is 1.00 bits per heavy atom. The average Bonchev–Trinajstić information content (AvgIpc) is 2.75. The van der Waals surface area contributed by atoms with Crippen molar-refractivity contribution in [3.63, 3.8) is 0 Å². The highest BCUT2D eigenvalue weighted by atomic mass is 32.2. The van der Waals surface area contributed by atoms with Gasteiger partial charge in [-0.15, -0.1) is 0 Å². The minimum absolute atomic E-state index is 0.0366. The second-order valence-electron chi connectivity index (χ2n) is 7.00. The van der Waals surface area contributed by atoms with Crippen molar-refractivity contribution in [3.8, 4) is 0 Å². The lowest BCUT2D eigenvalue weighted by Gasteiger charge is -2.12. The minimum Gasteiger partial charge on any atom is -0.357 e. The minimum atomic E-state index is -3.27. The first kappa shape index (κ1) is 23.4. The van der Waals surface area contributed by atoms with E-state index in [0.717, 1.165) is 5.56 Å². The third kappa shape index (κ3) is 7.18. The van der Waals surface area contributed by atoms with Gasteiger partial charge in [-0.25, -0.2) is 13.4 Å². The first-order valence-electron chi connectivity index (χ1n) is 9.94. The highest BCUT2D eigenvalue weighted by Crippen LogP contribution is 2.11. The Morgan fingerprint density at radius 2 is 1.67 bits per heavy atom. The highest BCUT2D eigenvalue weighted by molar-refractivity contribution is 7.91. The van der Waals surface area contributed by atoms with Crippen molar-refractivity contribution in [1.82, 2.24) is 15.5 Å². The van der Waals surface area contributed by atoms with Crippen molar-refractivity contribution in [1.29, 1.82) is 0 Å². The van der Waals surface area contributed by atoms with E-state index in [2.05, 4.69) is 15.6 Å². The smallest absolute Gasteiger partial charge is 0.253 e. The van der Waals surface area contributed by atoms with Crippen molar-refractivity contribution in [2.24, 2.45) is 4.99 Å². The molecular formula is C22H30N4O3S. The van der Waals surface area contributed by atoms with Crippen LogP contribution in [0.1, 0.15) is 29.3 Å². The summed E-state index contributed by atoms with van der Waals surface area (Å²) in [6, 6.07) is 15.8. The van der Waals surface area contributed by atoms with Gasteiger partial charge in [-0.3, -0.25) is 4.79 Å². The molecule has 0 heterocycles. The zero-order valence-electron chi connectivity index (χ0n) is 17.8. The number of amides is 1. The summed E-state index contributed by atoms with van der Waals surface area (Å²) in [4.78, 5) is 18.4. The molecule has 0 aromatic heterocycles. The number of carbonyl (C=O) groups is 1. The molecule has 0 saturated carbocycles. The van der Waals surface area contributed by atoms with Crippen LogP contribution in [-0.2, 0) is 16.4 Å². The number of hydrogen-bond acceptors (Lipinski definition) is 4. The molecule has 2 rings (SSSR count). The fourth-order valence-corrected chi connectivity index (χ4v) is 4.07. The number of nitrogens with one attached hydrogen (secondary N) is 2. The molecule has 1 amide bonds. The van der Waals surface area contributed by atoms with Crippen molar-refractivity contribution in [3.05, 3.63) is 65.7 Å². The standard InChI is InChI=1S/C22H30N4O3S/c1-4-23-22(24-15-8-16-30(28,29)20-9-6-5-7-10-20)25-17-18-11-13-19(14-12-18)21(27)26(2)3/h5-7,9-14H,4,8,15-17H2,1-3H3,(H2,23,24,25). The molecule has 0 saturated heterocycles. The zero-order chi connectivity index (χ0) is 22.0. The van der Waals surface area contributed by atoms with Gasteiger partial charge in [-0.1, -0.05) is 30.3 Å². The topological polar surface area (TPSA) is 90.9 Å². The van der Waals surface area contributed by atoms with Gasteiger partial charge >= 0.3 is 0 Å². The SMILES string of the molecule is CCNC(=NCc1ccc(C(=O)N(C)C)cc1)NCCCS(=O)(=O)c1ccccc1. The maximum Gasteiger partial charge on any atom is 0.253 e. The molecular weight excluding hydrogens is 400 g/mol. The predicted molar refractivity (Wildman–Crippen MR) is 120 cm³/mol. The van der Waals surface area contributed by atoms with E-state index in [1.54, 1.807) is 61.5 Å². The average molecular weight is 431 g/mol. The molecule has 0 aliphatic rings. The molecule has 2 N–H and O–H groups in total. The molecule has 8 heteroatoms. The maximum absolute atomic E-state index is 12.3. The Labute approximate surface area is 179 Å². The van der Waals surface area contributed by atoms with Crippen LogP contribution in [-0.4, -0.2) is 58.1 Å². The van der Waals surface area contributed by atoms with Crippen molar-refractivity contribution in [2.75, 3.05) is 32.9 Å². The summed E-state index contributed by atoms with van der Waals surface area (Å²) in [7, 11) is 0.170. The van der Waals surface area contributed by atoms with Crippen LogP contribution in [0.3, 0.4) is 0 Å². The summed E-state index contributed by atoms with van der Waals surface area (Å²) in [5.41, 5.74) is 1.62. The molecule has 0 bridgehead atoms. The second kappa shape index (κ2) is 11.3. The van der Waals surface area contributed by atoms with E-state index >= 15 is 0 Å². The van der Waals surface area contributed by atoms with E-state index in [1.807, 2.05) is 19.1 Å². The molecule has 0 aliphatic heterocycles. The van der Waals surface area contributed by atoms with Gasteiger partial charge in [0, 0.05) is 32.7 Å². The molecule has 7 nitrogen and oxygen atoms in total. The fourth-order valence-electron chi connectivity index (χ4n) is 2.74. The summed E-state index contributed by atoms with van der Waals surface area (Å²) in [5, 5.41) is 6.33. The summed E-state index contributed by atoms with van der Waals surface area (Å²) in [5.74, 6) is 0.665. The fraction of sp³-hybridized carbons (Fsp3) is 0.364. The maximum atomic E-state index is 12.3. The van der Waals surface area contributed by atoms with Crippen LogP contribution in [0.5, 0.6) is 0 Å². The van der Waals surface area contributed by atoms with Crippen LogP contribution in [0.15, 0.2) is 64.5 Å². The lowest BCUT2D eigenvalue weighted by molar-refractivity contribution is 0.0827. The van der Waals surface area contributed by atoms with Crippen molar-refractivity contribution < 1.29 is 13.2 Å². The normalized spacial score (nSPS) is 11.8. The van der Waals surface area contributed by atoms with Crippen LogP contribution in [0.2, 0.25) is 0 Å². The monoisotopic (exact) mass is 430 g/mol. The van der Waals surface area contributed by atoms with Crippen molar-refractivity contribution >= 4 is 21.7 Å². The molecule has 0 atom stereocenters. The summed E-state index contributed by atoms with van der Waals surface area (Å²) >= 11 is 0. The predicted octanol–water partition coefficient (Wildman–Crippen LogP) is 2.31. The molecule has 0 fully saturated rings. The summed E-state index contributed by atoms with van der Waals surface area (Å²) in [6.07, 6.45) is 0.475. The van der Waals surface area contributed by atoms with Crippen LogP contribution in [0.4, 0.5) is 0 Å². The van der Waals surface area contributed by atoms with Crippen LogP contribution >= 0.6 is 0 Å². The molecule has 30 heavy (non-hydrogen) atoms. The largest absolute Gasteiger partial charge is 0.357 e. The van der Waals surface area contributed by atoms with Crippen molar-refractivity contribution in [2.45, 2.75) is 24.8 Å². The van der Waals surface area contributed by atoms with Crippen LogP contribution < -0.4 is 10.6 Å². The Hall–Kier alpha value is -2.87. The van der Waals surface area contributed by atoms with E-state index in [-0.39, 0.29) is 11.7 Å². The first-order chi connectivity index (χ1) is 14.3. The number of guanidine groups is 1.